The van der Waals surface area contributed by atoms with E-state index in [-0.39, 0.29) is 28.1 Å². The number of hydrogen-bond acceptors (Lipinski definition) is 3. The first-order valence-electron chi connectivity index (χ1n) is 9.59. The third-order valence-corrected chi connectivity index (χ3v) is 9.96. The number of carbonyl (C=O) groups is 1. The fourth-order valence-corrected chi connectivity index (χ4v) is 10.3. The molecule has 23 heavy (non-hydrogen) atoms. The molecule has 0 aromatic rings. The van der Waals surface area contributed by atoms with Crippen LogP contribution in [-0.4, -0.2) is 34.1 Å². The second-order valence-electron chi connectivity index (χ2n) is 10.5. The van der Waals surface area contributed by atoms with E-state index >= 15 is 0 Å². The van der Waals surface area contributed by atoms with Gasteiger partial charge in [-0.05, 0) is 48.9 Å². The van der Waals surface area contributed by atoms with E-state index in [1.165, 1.54) is 24.8 Å². The first-order valence-corrected chi connectivity index (χ1v) is 9.59. The van der Waals surface area contributed by atoms with Crippen molar-refractivity contribution in [2.24, 2.45) is 39.9 Å². The van der Waals surface area contributed by atoms with Crippen LogP contribution in [-0.2, 0) is 4.79 Å². The zero-order valence-corrected chi connectivity index (χ0v) is 13.8. The van der Waals surface area contributed by atoms with E-state index in [4.69, 9.17) is 0 Å². The first-order chi connectivity index (χ1) is 10.9. The molecule has 1 unspecified atom stereocenters. The van der Waals surface area contributed by atoms with Crippen molar-refractivity contribution in [1.82, 2.24) is 4.90 Å². The quantitative estimate of drug-likeness (QED) is 0.698. The number of hydrogen-bond donors (Lipinski definition) is 1. The maximum atomic E-state index is 13.4. The Bertz CT molecular complexity index is 731. The van der Waals surface area contributed by atoms with Crippen molar-refractivity contribution in [1.29, 1.82) is 0 Å². The summed E-state index contributed by atoms with van der Waals surface area (Å²) >= 11 is 0. The maximum absolute atomic E-state index is 13.4. The highest BCUT2D eigenvalue weighted by Crippen LogP contribution is 2.88. The van der Waals surface area contributed by atoms with Crippen LogP contribution in [0.1, 0.15) is 45.4 Å². The monoisotopic (exact) mass is 311 g/mol. The van der Waals surface area contributed by atoms with E-state index < -0.39 is 5.72 Å². The third-order valence-electron chi connectivity index (χ3n) is 9.96. The van der Waals surface area contributed by atoms with Crippen LogP contribution in [0.25, 0.3) is 0 Å². The van der Waals surface area contributed by atoms with Gasteiger partial charge in [-0.1, -0.05) is 25.5 Å². The molecule has 3 aliphatic heterocycles. The van der Waals surface area contributed by atoms with Crippen LogP contribution in [0, 0.1) is 39.9 Å². The van der Waals surface area contributed by atoms with Crippen molar-refractivity contribution >= 4 is 5.78 Å². The lowest BCUT2D eigenvalue weighted by molar-refractivity contribution is -0.217. The Morgan fingerprint density at radius 2 is 2.17 bits per heavy atom. The van der Waals surface area contributed by atoms with Gasteiger partial charge in [0, 0.05) is 35.8 Å². The summed E-state index contributed by atoms with van der Waals surface area (Å²) in [6.45, 7) is 7.75. The fourth-order valence-electron chi connectivity index (χ4n) is 10.3. The van der Waals surface area contributed by atoms with Crippen LogP contribution in [0.4, 0.5) is 0 Å². The molecular formula is C20H25NO2. The van der Waals surface area contributed by atoms with Crippen LogP contribution < -0.4 is 0 Å². The molecular weight excluding hydrogens is 286 g/mol. The van der Waals surface area contributed by atoms with Gasteiger partial charge in [0.05, 0.1) is 0 Å². The van der Waals surface area contributed by atoms with Gasteiger partial charge in [0.1, 0.15) is 11.5 Å². The number of rotatable bonds is 0. The van der Waals surface area contributed by atoms with Crippen molar-refractivity contribution < 1.29 is 9.90 Å². The van der Waals surface area contributed by atoms with Gasteiger partial charge in [0.2, 0.25) is 0 Å². The minimum absolute atomic E-state index is 0.0674. The SMILES string of the molecule is C=C1C[C@]23C[C@@]4(O)[C@@H]5[C@@]6(C)CCC[C@@]57[C@@H]2C(=O)[C@@H]1C[C@@H]3[C@H]7N4C6. The predicted octanol–water partition coefficient (Wildman–Crippen LogP) is 2.35. The van der Waals surface area contributed by atoms with Gasteiger partial charge in [-0.3, -0.25) is 9.69 Å². The molecule has 6 aliphatic carbocycles. The van der Waals surface area contributed by atoms with Gasteiger partial charge in [-0.2, -0.15) is 0 Å². The van der Waals surface area contributed by atoms with Crippen LogP contribution in [0.15, 0.2) is 12.2 Å². The summed E-state index contributed by atoms with van der Waals surface area (Å²) in [6, 6.07) is 0.492. The number of aliphatic hydroxyl groups is 1. The smallest absolute Gasteiger partial charge is 0.144 e. The number of carbonyl (C=O) groups excluding carboxylic acids is 1. The van der Waals surface area contributed by atoms with Crippen molar-refractivity contribution in [2.75, 3.05) is 6.54 Å². The van der Waals surface area contributed by atoms with Crippen LogP contribution in [0.3, 0.4) is 0 Å². The van der Waals surface area contributed by atoms with Crippen molar-refractivity contribution in [3.05, 3.63) is 12.2 Å². The zero-order chi connectivity index (χ0) is 15.6. The van der Waals surface area contributed by atoms with Gasteiger partial charge >= 0.3 is 0 Å². The maximum Gasteiger partial charge on any atom is 0.144 e. The van der Waals surface area contributed by atoms with Crippen LogP contribution in [0.2, 0.25) is 0 Å². The average molecular weight is 311 g/mol. The summed E-state index contributed by atoms with van der Waals surface area (Å²) in [6.07, 6.45) is 6.59. The number of ketones is 1. The normalized spacial score (nSPS) is 72.4. The number of nitrogens with zero attached hydrogens (tertiary/aromatic N) is 1. The Kier molecular flexibility index (Phi) is 1.64. The summed E-state index contributed by atoms with van der Waals surface area (Å²) in [4.78, 5) is 16.0. The molecule has 0 amide bonds. The number of piperidine rings is 2. The molecule has 3 heterocycles. The third kappa shape index (κ3) is 0.877. The van der Waals surface area contributed by atoms with Crippen molar-refractivity contribution in [2.45, 2.75) is 57.2 Å². The summed E-state index contributed by atoms with van der Waals surface area (Å²) in [5.41, 5.74) is 0.981. The fraction of sp³-hybridized carbons (Fsp3) is 0.850. The predicted molar refractivity (Wildman–Crippen MR) is 84.2 cm³/mol. The summed E-state index contributed by atoms with van der Waals surface area (Å²) in [7, 11) is 0. The lowest BCUT2D eigenvalue weighted by Gasteiger charge is -2.63. The lowest BCUT2D eigenvalue weighted by Crippen LogP contribution is -2.66. The lowest BCUT2D eigenvalue weighted by atomic mass is 9.40. The zero-order valence-electron chi connectivity index (χ0n) is 13.8. The van der Waals surface area contributed by atoms with Gasteiger partial charge in [0.25, 0.3) is 0 Å². The standard InChI is InChI=1S/C20H25NO2/c1-10-7-18-8-20(23)16-17(2)4-3-5-19(16)14(18)13(22)11(10)6-12(18)15(19)21(20)9-17/h11-12,14-16,23H,1,3-9H2,2H3/t11-,12-,14-,15-,16-,17+,18-,19+,20-/m1/s1. The highest BCUT2D eigenvalue weighted by molar-refractivity contribution is 5.92. The molecule has 3 nitrogen and oxygen atoms in total. The molecule has 0 radical (unpaired) electrons. The van der Waals surface area contributed by atoms with E-state index in [2.05, 4.69) is 18.4 Å². The van der Waals surface area contributed by atoms with Crippen LogP contribution >= 0.6 is 0 Å². The second-order valence-corrected chi connectivity index (χ2v) is 10.5. The first kappa shape index (κ1) is 12.7. The van der Waals surface area contributed by atoms with Crippen molar-refractivity contribution in [3.8, 4) is 0 Å². The Labute approximate surface area is 137 Å². The number of allylic oxidation sites excluding steroid dienone is 1. The Balaban J connectivity index is 1.58. The Morgan fingerprint density at radius 3 is 3.00 bits per heavy atom. The summed E-state index contributed by atoms with van der Waals surface area (Å²) in [5, 5.41) is 11.8. The molecule has 2 spiro atoms. The second kappa shape index (κ2) is 2.99. The van der Waals surface area contributed by atoms with Gasteiger partial charge in [0.15, 0.2) is 0 Å². The molecule has 3 heteroatoms. The van der Waals surface area contributed by atoms with Gasteiger partial charge in [-0.25, -0.2) is 0 Å². The largest absolute Gasteiger partial charge is 0.375 e. The molecule has 9 bridgehead atoms. The molecule has 122 valence electrons. The molecule has 6 saturated carbocycles. The number of fused-ring (bicyclic) bond motifs is 1. The van der Waals surface area contributed by atoms with Crippen LogP contribution in [0.5, 0.6) is 0 Å². The minimum atomic E-state index is -0.614. The van der Waals surface area contributed by atoms with E-state index in [9.17, 15) is 9.90 Å². The van der Waals surface area contributed by atoms with E-state index in [0.29, 0.717) is 23.7 Å². The van der Waals surface area contributed by atoms with Crippen molar-refractivity contribution in [3.63, 3.8) is 0 Å². The van der Waals surface area contributed by atoms with E-state index in [1.807, 2.05) is 0 Å². The topological polar surface area (TPSA) is 40.5 Å². The molecule has 0 aromatic heterocycles. The molecule has 9 aliphatic rings. The Morgan fingerprint density at radius 1 is 1.35 bits per heavy atom. The van der Waals surface area contributed by atoms with E-state index in [0.717, 1.165) is 25.8 Å². The molecule has 3 saturated heterocycles. The molecule has 10 atom stereocenters. The summed E-state index contributed by atoms with van der Waals surface area (Å²) in [5.74, 6) is 1.91. The molecule has 1 N–H and O–H groups in total. The summed E-state index contributed by atoms with van der Waals surface area (Å²) < 4.78 is 0. The minimum Gasteiger partial charge on any atom is -0.375 e. The van der Waals surface area contributed by atoms with Gasteiger partial charge < -0.3 is 5.11 Å². The van der Waals surface area contributed by atoms with E-state index in [1.54, 1.807) is 0 Å². The van der Waals surface area contributed by atoms with Gasteiger partial charge in [-0.15, -0.1) is 0 Å². The Hall–Kier alpha value is -0.670. The highest BCUT2D eigenvalue weighted by Gasteiger charge is 2.92. The molecule has 0 aromatic carbocycles. The average Bonchev–Trinajstić information content (AvgIpc) is 2.81. The highest BCUT2D eigenvalue weighted by atomic mass is 16.3. The molecule has 9 rings (SSSR count). The number of Topliss-reactive ketones (excluding diaryl/α,β-unsaturated/α-hetero) is 1. The molecule has 9 fully saturated rings.